The number of benzene rings is 3. The molecule has 7 rings (SSSR count). The molecule has 12 nitrogen and oxygen atoms in total. The average molecular weight is 956 g/mol. The average Bonchev–Trinajstić information content (AvgIpc) is 3.68. The number of aromatic nitrogens is 2. The van der Waals surface area contributed by atoms with Gasteiger partial charge < -0.3 is 30.0 Å². The number of amides is 2. The topological polar surface area (TPSA) is 123 Å². The van der Waals surface area contributed by atoms with Crippen molar-refractivity contribution in [3.8, 4) is 5.75 Å². The van der Waals surface area contributed by atoms with Crippen LogP contribution < -0.4 is 15.4 Å². The van der Waals surface area contributed by atoms with E-state index >= 15 is 0 Å². The quantitative estimate of drug-likeness (QED) is 0.0286. The highest BCUT2D eigenvalue weighted by Crippen LogP contribution is 2.35. The zero-order valence-electron chi connectivity index (χ0n) is 39.3. The molecule has 360 valence electrons. The van der Waals surface area contributed by atoms with Crippen LogP contribution in [0.5, 0.6) is 5.75 Å². The molecular weight excluding hydrogens is 887 g/mol. The smallest absolute Gasteiger partial charge is 0.255 e. The van der Waals surface area contributed by atoms with Crippen LogP contribution in [0.4, 0.5) is 21.6 Å². The van der Waals surface area contributed by atoms with E-state index in [0.717, 1.165) is 88.2 Å². The van der Waals surface area contributed by atoms with E-state index in [4.69, 9.17) is 16.3 Å². The molecule has 3 aliphatic rings. The number of anilines is 3. The fraction of sp³-hybridized carbons (Fsp3) is 0.519. The summed E-state index contributed by atoms with van der Waals surface area (Å²) in [6.45, 7) is 11.2. The second-order valence-electron chi connectivity index (χ2n) is 18.1. The van der Waals surface area contributed by atoms with Gasteiger partial charge in [0.05, 0.1) is 29.4 Å². The number of likely N-dealkylation sites (tertiary alicyclic amines) is 1. The molecular formula is C52H68ClFN8O4S. The lowest BCUT2D eigenvalue weighted by Crippen LogP contribution is -2.53. The number of piperazine rings is 1. The zero-order valence-corrected chi connectivity index (χ0v) is 40.9. The predicted octanol–water partition coefficient (Wildman–Crippen LogP) is 10.4. The Hall–Kier alpha value is -4.60. The summed E-state index contributed by atoms with van der Waals surface area (Å²) >= 11 is 7.85. The lowest BCUT2D eigenvalue weighted by Gasteiger charge is -2.42. The van der Waals surface area contributed by atoms with Crippen molar-refractivity contribution in [1.82, 2.24) is 29.6 Å². The summed E-state index contributed by atoms with van der Waals surface area (Å²) in [7, 11) is 1.55. The second kappa shape index (κ2) is 25.7. The first-order chi connectivity index (χ1) is 32.7. The maximum Gasteiger partial charge on any atom is 0.255 e. The number of hydrogen-bond acceptors (Lipinski definition) is 11. The Bertz CT molecular complexity index is 2300. The lowest BCUT2D eigenvalue weighted by atomic mass is 10.0. The summed E-state index contributed by atoms with van der Waals surface area (Å²) in [4.78, 5) is 57.2. The minimum absolute atomic E-state index is 0.000865. The molecule has 1 atom stereocenters. The molecule has 15 heteroatoms. The van der Waals surface area contributed by atoms with Crippen molar-refractivity contribution in [1.29, 1.82) is 0 Å². The maximum atomic E-state index is 13.7. The highest BCUT2D eigenvalue weighted by Gasteiger charge is 2.34. The first kappa shape index (κ1) is 50.3. The van der Waals surface area contributed by atoms with Crippen molar-refractivity contribution in [2.45, 2.75) is 114 Å². The number of methoxy groups -OCH3 is 1. The third kappa shape index (κ3) is 14.0. The van der Waals surface area contributed by atoms with Crippen LogP contribution in [-0.2, 0) is 16.1 Å². The highest BCUT2D eigenvalue weighted by molar-refractivity contribution is 7.99. The number of carbonyl (C=O) groups excluding carboxylic acids is 3. The molecule has 3 aromatic carbocycles. The molecule has 2 amide bonds. The number of nitrogens with one attached hydrogen (secondary N) is 2. The Balaban J connectivity index is 0.710. The minimum atomic E-state index is -0.507. The van der Waals surface area contributed by atoms with E-state index in [2.05, 4.69) is 48.3 Å². The molecule has 0 spiro atoms. The first-order valence-corrected chi connectivity index (χ1v) is 25.8. The largest absolute Gasteiger partial charge is 0.494 e. The molecule has 2 fully saturated rings. The van der Waals surface area contributed by atoms with Crippen molar-refractivity contribution in [2.75, 3.05) is 75.9 Å². The second-order valence-corrected chi connectivity index (χ2v) is 19.6. The van der Waals surface area contributed by atoms with Gasteiger partial charge in [-0.25, -0.2) is 14.4 Å². The number of hydrogen-bond donors (Lipinski definition) is 2. The van der Waals surface area contributed by atoms with Gasteiger partial charge in [0.2, 0.25) is 5.91 Å². The van der Waals surface area contributed by atoms with E-state index in [-0.39, 0.29) is 22.9 Å². The molecule has 4 aromatic rings. The standard InChI is InChI=1S/C52H68ClFN8O4S/c1-3-15-40(36-63)62-35-43-41(52(62)65)16-13-17-49(43)67-31-12-10-8-6-4-5-7-9-11-23-60-27-29-61(30-28-60)39-21-25-59(26-22-39)24-14-18-50(64)58-47-33-42-46(34-48(47)66-2)55-37-56-51(42)57-38-19-20-45(54)44(53)32-38/h13-14,16-20,32-34,36-37,39-40H,3-12,15,21-31,35H2,1-2H3,(H,58,64)(H,55,56,57)/b18-14+. The van der Waals surface area contributed by atoms with Crippen LogP contribution in [0.15, 0.2) is 71.9 Å². The normalized spacial score (nSPS) is 16.8. The van der Waals surface area contributed by atoms with Gasteiger partial charge in [-0.05, 0) is 99.5 Å². The lowest BCUT2D eigenvalue weighted by molar-refractivity contribution is -0.112. The summed E-state index contributed by atoms with van der Waals surface area (Å²) in [5.74, 6) is 1.27. The zero-order chi connectivity index (χ0) is 47.0. The number of nitrogens with zero attached hydrogens (tertiary/aromatic N) is 6. The summed E-state index contributed by atoms with van der Waals surface area (Å²) in [5, 5.41) is 6.78. The van der Waals surface area contributed by atoms with Crippen molar-refractivity contribution < 1.29 is 23.5 Å². The Labute approximate surface area is 405 Å². The van der Waals surface area contributed by atoms with Gasteiger partial charge in [-0.15, -0.1) is 11.8 Å². The third-order valence-corrected chi connectivity index (χ3v) is 15.0. The van der Waals surface area contributed by atoms with Crippen molar-refractivity contribution in [2.24, 2.45) is 0 Å². The van der Waals surface area contributed by atoms with E-state index in [1.165, 1.54) is 87.7 Å². The fourth-order valence-corrected chi connectivity index (χ4v) is 10.9. The van der Waals surface area contributed by atoms with E-state index < -0.39 is 5.82 Å². The van der Waals surface area contributed by atoms with Gasteiger partial charge in [-0.3, -0.25) is 19.4 Å². The van der Waals surface area contributed by atoms with E-state index in [1.54, 1.807) is 36.3 Å². The first-order valence-electron chi connectivity index (χ1n) is 24.5. The number of thioether (sulfide) groups is 1. The Kier molecular flexibility index (Phi) is 19.3. The van der Waals surface area contributed by atoms with Crippen LogP contribution in [-0.4, -0.2) is 125 Å². The number of unbranched alkanes of at least 4 members (excludes halogenated alkanes) is 8. The Morgan fingerprint density at radius 3 is 2.40 bits per heavy atom. The molecule has 0 saturated carbocycles. The molecule has 67 heavy (non-hydrogen) atoms. The van der Waals surface area contributed by atoms with Gasteiger partial charge in [0.15, 0.2) is 0 Å². The minimum Gasteiger partial charge on any atom is -0.494 e. The van der Waals surface area contributed by atoms with Gasteiger partial charge in [0, 0.05) is 79.0 Å². The molecule has 0 aliphatic carbocycles. The molecule has 2 saturated heterocycles. The SMILES string of the molecule is CCCC(C=O)N1Cc2c(SCCCCCCCCCCCN3CCN(C4CCN(C/C=C/C(=O)Nc5cc6c(Nc7ccc(F)c(Cl)c7)ncnc6cc5OC)CC4)CC3)cccc2C1=O. The summed E-state index contributed by atoms with van der Waals surface area (Å²) < 4.78 is 19.3. The molecule has 2 N–H and O–H groups in total. The van der Waals surface area contributed by atoms with E-state index in [1.807, 2.05) is 30.0 Å². The van der Waals surface area contributed by atoms with Crippen LogP contribution in [0.25, 0.3) is 10.9 Å². The summed E-state index contributed by atoms with van der Waals surface area (Å²) in [5.41, 5.74) is 3.55. The Morgan fingerprint density at radius 1 is 0.940 bits per heavy atom. The molecule has 1 unspecified atom stereocenters. The van der Waals surface area contributed by atoms with Gasteiger partial charge in [-0.2, -0.15) is 0 Å². The number of aldehydes is 1. The van der Waals surface area contributed by atoms with Crippen molar-refractivity contribution in [3.63, 3.8) is 0 Å². The molecule has 0 bridgehead atoms. The monoisotopic (exact) mass is 954 g/mol. The molecule has 4 heterocycles. The number of halogens is 2. The van der Waals surface area contributed by atoms with Gasteiger partial charge >= 0.3 is 0 Å². The van der Waals surface area contributed by atoms with E-state index in [0.29, 0.717) is 52.9 Å². The van der Waals surface area contributed by atoms with Crippen LogP contribution in [0.3, 0.4) is 0 Å². The number of carbonyl (C=O) groups is 3. The molecule has 1 aromatic heterocycles. The summed E-state index contributed by atoms with van der Waals surface area (Å²) in [6, 6.07) is 14.2. The van der Waals surface area contributed by atoms with Gasteiger partial charge in [-0.1, -0.05) is 82.0 Å². The number of piperidine rings is 1. The molecule has 0 radical (unpaired) electrons. The van der Waals surface area contributed by atoms with Crippen LogP contribution >= 0.6 is 23.4 Å². The maximum absolute atomic E-state index is 13.7. The highest BCUT2D eigenvalue weighted by atomic mass is 35.5. The van der Waals surface area contributed by atoms with Crippen LogP contribution in [0, 0.1) is 5.82 Å². The molecule has 3 aliphatic heterocycles. The third-order valence-electron chi connectivity index (χ3n) is 13.5. The van der Waals surface area contributed by atoms with E-state index in [9.17, 15) is 18.8 Å². The fourth-order valence-electron chi connectivity index (χ4n) is 9.64. The number of rotatable bonds is 25. The van der Waals surface area contributed by atoms with Crippen molar-refractivity contribution in [3.05, 3.63) is 89.0 Å². The summed E-state index contributed by atoms with van der Waals surface area (Å²) in [6.07, 6.45) is 21.4. The number of ether oxygens (including phenoxy) is 1. The van der Waals surface area contributed by atoms with Crippen molar-refractivity contribution >= 4 is 69.6 Å². The van der Waals surface area contributed by atoms with Gasteiger partial charge in [0.1, 0.15) is 30.0 Å². The Morgan fingerprint density at radius 2 is 1.69 bits per heavy atom. The number of fused-ring (bicyclic) bond motifs is 2. The predicted molar refractivity (Wildman–Crippen MR) is 269 cm³/mol. The van der Waals surface area contributed by atoms with Crippen LogP contribution in [0.1, 0.15) is 106 Å². The van der Waals surface area contributed by atoms with Gasteiger partial charge in [0.25, 0.3) is 5.91 Å². The van der Waals surface area contributed by atoms with Crippen LogP contribution in [0.2, 0.25) is 5.02 Å².